The van der Waals surface area contributed by atoms with Crippen LogP contribution in [0.15, 0.2) is 30.3 Å². The number of benzene rings is 1. The Morgan fingerprint density at radius 1 is 1.12 bits per heavy atom. The van der Waals surface area contributed by atoms with Crippen LogP contribution in [0, 0.1) is 0 Å². The van der Waals surface area contributed by atoms with Gasteiger partial charge in [-0.1, -0.05) is 18.2 Å². The van der Waals surface area contributed by atoms with Crippen LogP contribution >= 0.6 is 24.8 Å². The molecule has 0 amide bonds. The van der Waals surface area contributed by atoms with E-state index in [9.17, 15) is 5.11 Å². The van der Waals surface area contributed by atoms with Crippen molar-refractivity contribution in [1.29, 1.82) is 0 Å². The number of halogens is 2. The molecule has 3 N–H and O–H groups in total. The van der Waals surface area contributed by atoms with Gasteiger partial charge in [0.2, 0.25) is 0 Å². The number of hydrogen-bond donors (Lipinski definition) is 3. The first-order chi connectivity index (χ1) is 7.35. The smallest absolute Gasteiger partial charge is 0.0662 e. The second kappa shape index (κ2) is 7.77. The maximum Gasteiger partial charge on any atom is 0.0662 e. The second-order valence-electron chi connectivity index (χ2n) is 4.18. The zero-order valence-electron chi connectivity index (χ0n) is 9.69. The van der Waals surface area contributed by atoms with E-state index >= 15 is 0 Å². The number of rotatable bonds is 3. The first-order valence-electron chi connectivity index (χ1n) is 5.49. The van der Waals surface area contributed by atoms with Crippen molar-refractivity contribution in [2.45, 2.75) is 18.4 Å². The standard InChI is InChI=1S/C12H18N2O.2ClH/c15-10-12(6-8-13-9-7-12)14-11-4-2-1-3-5-11;;/h1-5,13-15H,6-10H2;2*1H. The molecule has 2 rings (SSSR count). The van der Waals surface area contributed by atoms with Gasteiger partial charge in [-0.15, -0.1) is 24.8 Å². The Labute approximate surface area is 115 Å². The highest BCUT2D eigenvalue weighted by Crippen LogP contribution is 2.23. The molecule has 1 saturated heterocycles. The van der Waals surface area contributed by atoms with Crippen LogP contribution in [0.4, 0.5) is 5.69 Å². The van der Waals surface area contributed by atoms with Gasteiger partial charge in [-0.3, -0.25) is 0 Å². The van der Waals surface area contributed by atoms with E-state index in [0.29, 0.717) is 0 Å². The van der Waals surface area contributed by atoms with E-state index in [1.165, 1.54) is 0 Å². The topological polar surface area (TPSA) is 44.3 Å². The van der Waals surface area contributed by atoms with Gasteiger partial charge in [0.15, 0.2) is 0 Å². The van der Waals surface area contributed by atoms with Gasteiger partial charge < -0.3 is 15.7 Å². The van der Waals surface area contributed by atoms with E-state index < -0.39 is 0 Å². The maximum absolute atomic E-state index is 9.51. The summed E-state index contributed by atoms with van der Waals surface area (Å²) in [5, 5.41) is 16.3. The molecule has 0 saturated carbocycles. The van der Waals surface area contributed by atoms with E-state index in [2.05, 4.69) is 10.6 Å². The summed E-state index contributed by atoms with van der Waals surface area (Å²) in [6, 6.07) is 10.1. The van der Waals surface area contributed by atoms with Gasteiger partial charge in [0, 0.05) is 5.69 Å². The summed E-state index contributed by atoms with van der Waals surface area (Å²) in [4.78, 5) is 0. The van der Waals surface area contributed by atoms with Crippen molar-refractivity contribution < 1.29 is 5.11 Å². The summed E-state index contributed by atoms with van der Waals surface area (Å²) in [6.45, 7) is 2.14. The van der Waals surface area contributed by atoms with Crippen molar-refractivity contribution in [3.63, 3.8) is 0 Å². The van der Waals surface area contributed by atoms with Crippen LogP contribution in [-0.4, -0.2) is 30.3 Å². The highest BCUT2D eigenvalue weighted by molar-refractivity contribution is 5.85. The van der Waals surface area contributed by atoms with Gasteiger partial charge in [0.05, 0.1) is 12.1 Å². The molecule has 1 aliphatic rings. The Hall–Kier alpha value is -0.480. The highest BCUT2D eigenvalue weighted by Gasteiger charge is 2.30. The van der Waals surface area contributed by atoms with Crippen LogP contribution in [0.25, 0.3) is 0 Å². The van der Waals surface area contributed by atoms with Gasteiger partial charge >= 0.3 is 0 Å². The lowest BCUT2D eigenvalue weighted by atomic mass is 9.89. The zero-order valence-corrected chi connectivity index (χ0v) is 11.3. The molecule has 17 heavy (non-hydrogen) atoms. The summed E-state index contributed by atoms with van der Waals surface area (Å²) in [5.41, 5.74) is 0.959. The maximum atomic E-state index is 9.51. The fourth-order valence-electron chi connectivity index (χ4n) is 2.06. The quantitative estimate of drug-likeness (QED) is 0.793. The van der Waals surface area contributed by atoms with Crippen molar-refractivity contribution in [2.75, 3.05) is 25.0 Å². The number of para-hydroxylation sites is 1. The monoisotopic (exact) mass is 278 g/mol. The Morgan fingerprint density at radius 3 is 2.24 bits per heavy atom. The Kier molecular flexibility index (Phi) is 7.55. The van der Waals surface area contributed by atoms with Gasteiger partial charge in [-0.25, -0.2) is 0 Å². The van der Waals surface area contributed by atoms with E-state index in [0.717, 1.165) is 31.6 Å². The molecule has 0 atom stereocenters. The van der Waals surface area contributed by atoms with Crippen LogP contribution in [0.1, 0.15) is 12.8 Å². The van der Waals surface area contributed by atoms with E-state index in [1.807, 2.05) is 30.3 Å². The minimum atomic E-state index is -0.132. The summed E-state index contributed by atoms with van der Waals surface area (Å²) in [6.07, 6.45) is 1.94. The molecule has 1 aliphatic heterocycles. The molecule has 0 bridgehead atoms. The molecule has 5 heteroatoms. The molecular formula is C12H20Cl2N2O. The summed E-state index contributed by atoms with van der Waals surface area (Å²) in [5.74, 6) is 0. The second-order valence-corrected chi connectivity index (χ2v) is 4.18. The molecular weight excluding hydrogens is 259 g/mol. The number of anilines is 1. The molecule has 0 aliphatic carbocycles. The average Bonchev–Trinajstić information content (AvgIpc) is 2.32. The van der Waals surface area contributed by atoms with Crippen LogP contribution in [0.3, 0.4) is 0 Å². The lowest BCUT2D eigenvalue weighted by molar-refractivity contribution is 0.179. The molecule has 3 nitrogen and oxygen atoms in total. The Morgan fingerprint density at radius 2 is 1.71 bits per heavy atom. The third-order valence-electron chi connectivity index (χ3n) is 3.05. The van der Waals surface area contributed by atoms with Crippen molar-refractivity contribution >= 4 is 30.5 Å². The summed E-state index contributed by atoms with van der Waals surface area (Å²) >= 11 is 0. The van der Waals surface area contributed by atoms with Gasteiger partial charge in [-0.05, 0) is 38.1 Å². The zero-order chi connectivity index (χ0) is 10.6. The van der Waals surface area contributed by atoms with Gasteiger partial charge in [0.25, 0.3) is 0 Å². The molecule has 0 radical (unpaired) electrons. The molecule has 0 unspecified atom stereocenters. The Balaban J connectivity index is 0.00000128. The highest BCUT2D eigenvalue weighted by atomic mass is 35.5. The van der Waals surface area contributed by atoms with Crippen LogP contribution in [-0.2, 0) is 0 Å². The fraction of sp³-hybridized carbons (Fsp3) is 0.500. The minimum absolute atomic E-state index is 0. The third-order valence-corrected chi connectivity index (χ3v) is 3.05. The molecule has 0 aromatic heterocycles. The van der Waals surface area contributed by atoms with Crippen molar-refractivity contribution in [3.8, 4) is 0 Å². The van der Waals surface area contributed by atoms with Crippen LogP contribution in [0.2, 0.25) is 0 Å². The van der Waals surface area contributed by atoms with Crippen LogP contribution in [0.5, 0.6) is 0 Å². The lowest BCUT2D eigenvalue weighted by Crippen LogP contribution is -2.50. The van der Waals surface area contributed by atoms with Gasteiger partial charge in [0.1, 0.15) is 0 Å². The van der Waals surface area contributed by atoms with E-state index in [-0.39, 0.29) is 37.0 Å². The molecule has 1 aromatic carbocycles. The van der Waals surface area contributed by atoms with Gasteiger partial charge in [-0.2, -0.15) is 0 Å². The van der Waals surface area contributed by atoms with Crippen molar-refractivity contribution in [3.05, 3.63) is 30.3 Å². The lowest BCUT2D eigenvalue weighted by Gasteiger charge is -2.37. The predicted octanol–water partition coefficient (Wildman–Crippen LogP) is 2.06. The number of hydrogen-bond acceptors (Lipinski definition) is 3. The summed E-state index contributed by atoms with van der Waals surface area (Å²) in [7, 11) is 0. The van der Waals surface area contributed by atoms with Crippen molar-refractivity contribution in [1.82, 2.24) is 5.32 Å². The third kappa shape index (κ3) is 4.36. The fourth-order valence-corrected chi connectivity index (χ4v) is 2.06. The normalized spacial score (nSPS) is 17.5. The molecule has 1 fully saturated rings. The van der Waals surface area contributed by atoms with Crippen molar-refractivity contribution in [2.24, 2.45) is 0 Å². The average molecular weight is 279 g/mol. The molecule has 1 heterocycles. The molecule has 0 spiro atoms. The van der Waals surface area contributed by atoms with Crippen LogP contribution < -0.4 is 10.6 Å². The van der Waals surface area contributed by atoms with E-state index in [4.69, 9.17) is 0 Å². The largest absolute Gasteiger partial charge is 0.394 e. The Bertz CT molecular complexity index is 303. The first-order valence-corrected chi connectivity index (χ1v) is 5.49. The number of nitrogens with one attached hydrogen (secondary N) is 2. The molecule has 98 valence electrons. The number of aliphatic hydroxyl groups excluding tert-OH is 1. The predicted molar refractivity (Wildman–Crippen MR) is 76.5 cm³/mol. The SMILES string of the molecule is Cl.Cl.OCC1(Nc2ccccc2)CCNCC1. The number of piperidine rings is 1. The molecule has 1 aromatic rings. The summed E-state index contributed by atoms with van der Waals surface area (Å²) < 4.78 is 0. The number of aliphatic hydroxyl groups is 1. The minimum Gasteiger partial charge on any atom is -0.394 e. The first kappa shape index (κ1) is 16.5. The van der Waals surface area contributed by atoms with E-state index in [1.54, 1.807) is 0 Å².